The highest BCUT2D eigenvalue weighted by atomic mass is 16.2. The first-order chi connectivity index (χ1) is 10.2. The van der Waals surface area contributed by atoms with Gasteiger partial charge in [0.05, 0.1) is 11.9 Å². The van der Waals surface area contributed by atoms with Crippen LogP contribution in [-0.2, 0) is 0 Å². The molecule has 1 aromatic rings. The molecule has 1 aromatic heterocycles. The van der Waals surface area contributed by atoms with E-state index in [9.17, 15) is 4.79 Å². The van der Waals surface area contributed by atoms with E-state index >= 15 is 0 Å². The molecule has 2 heterocycles. The summed E-state index contributed by atoms with van der Waals surface area (Å²) in [5.41, 5.74) is 1.69. The first-order valence-corrected chi connectivity index (χ1v) is 8.19. The highest BCUT2D eigenvalue weighted by Gasteiger charge is 2.14. The average molecular weight is 289 g/mol. The predicted octanol–water partition coefficient (Wildman–Crippen LogP) is 3.33. The molecule has 0 aromatic carbocycles. The molecular formula is C17H27N3O. The predicted molar refractivity (Wildman–Crippen MR) is 86.8 cm³/mol. The summed E-state index contributed by atoms with van der Waals surface area (Å²) in [6.07, 6.45) is 9.13. The Morgan fingerprint density at radius 3 is 2.52 bits per heavy atom. The van der Waals surface area contributed by atoms with Crippen LogP contribution < -0.4 is 4.90 Å². The maximum Gasteiger partial charge on any atom is 0.272 e. The summed E-state index contributed by atoms with van der Waals surface area (Å²) >= 11 is 0. The van der Waals surface area contributed by atoms with Crippen LogP contribution in [0, 0.1) is 0 Å². The second-order valence-electron chi connectivity index (χ2n) is 5.88. The fourth-order valence-electron chi connectivity index (χ4n) is 2.72. The number of hydrogen-bond acceptors (Lipinski definition) is 3. The fourth-order valence-corrected chi connectivity index (χ4v) is 2.72. The SMILES string of the molecule is CCCCN(C)C(=O)c1ccc(N2CCCCCC2)cn1. The Balaban J connectivity index is 1.99. The Morgan fingerprint density at radius 1 is 1.24 bits per heavy atom. The number of aromatic nitrogens is 1. The molecule has 0 aliphatic carbocycles. The van der Waals surface area contributed by atoms with Gasteiger partial charge in [-0.25, -0.2) is 4.98 Å². The Kier molecular flexibility index (Phi) is 6.03. The quantitative estimate of drug-likeness (QED) is 0.834. The van der Waals surface area contributed by atoms with Crippen LogP contribution >= 0.6 is 0 Å². The minimum atomic E-state index is 0.0193. The van der Waals surface area contributed by atoms with Gasteiger partial charge in [-0.15, -0.1) is 0 Å². The highest BCUT2D eigenvalue weighted by Crippen LogP contribution is 2.19. The maximum absolute atomic E-state index is 12.2. The van der Waals surface area contributed by atoms with E-state index in [0.29, 0.717) is 5.69 Å². The number of amides is 1. The standard InChI is InChI=1S/C17H27N3O/c1-3-4-11-19(2)17(21)16-10-9-15(14-18-16)20-12-7-5-6-8-13-20/h9-10,14H,3-8,11-13H2,1-2H3. The molecule has 21 heavy (non-hydrogen) atoms. The number of carbonyl (C=O) groups is 1. The minimum Gasteiger partial charge on any atom is -0.370 e. The van der Waals surface area contributed by atoms with Crippen molar-refractivity contribution in [3.8, 4) is 0 Å². The van der Waals surface area contributed by atoms with Gasteiger partial charge in [-0.2, -0.15) is 0 Å². The largest absolute Gasteiger partial charge is 0.370 e. The van der Waals surface area contributed by atoms with E-state index in [0.717, 1.165) is 38.2 Å². The lowest BCUT2D eigenvalue weighted by molar-refractivity contribution is 0.0787. The molecule has 1 aliphatic heterocycles. The third-order valence-electron chi connectivity index (χ3n) is 4.13. The number of nitrogens with zero attached hydrogens (tertiary/aromatic N) is 3. The molecule has 0 bridgehead atoms. The molecular weight excluding hydrogens is 262 g/mol. The van der Waals surface area contributed by atoms with Crippen LogP contribution in [0.5, 0.6) is 0 Å². The lowest BCUT2D eigenvalue weighted by Crippen LogP contribution is -2.29. The summed E-state index contributed by atoms with van der Waals surface area (Å²) < 4.78 is 0. The number of rotatable bonds is 5. The van der Waals surface area contributed by atoms with Gasteiger partial charge in [0.2, 0.25) is 0 Å². The third kappa shape index (κ3) is 4.45. The van der Waals surface area contributed by atoms with Crippen molar-refractivity contribution in [3.05, 3.63) is 24.0 Å². The van der Waals surface area contributed by atoms with Crippen molar-refractivity contribution in [2.45, 2.75) is 45.4 Å². The molecule has 0 spiro atoms. The number of pyridine rings is 1. The minimum absolute atomic E-state index is 0.0193. The highest BCUT2D eigenvalue weighted by molar-refractivity contribution is 5.92. The smallest absolute Gasteiger partial charge is 0.272 e. The number of hydrogen-bond donors (Lipinski definition) is 0. The van der Waals surface area contributed by atoms with E-state index in [1.165, 1.54) is 25.7 Å². The molecule has 4 nitrogen and oxygen atoms in total. The first kappa shape index (κ1) is 15.8. The van der Waals surface area contributed by atoms with Gasteiger partial charge in [0.25, 0.3) is 5.91 Å². The van der Waals surface area contributed by atoms with Gasteiger partial charge in [0.15, 0.2) is 0 Å². The van der Waals surface area contributed by atoms with E-state index in [4.69, 9.17) is 0 Å². The van der Waals surface area contributed by atoms with Crippen LogP contribution in [-0.4, -0.2) is 42.5 Å². The van der Waals surface area contributed by atoms with Crippen LogP contribution in [0.3, 0.4) is 0 Å². The third-order valence-corrected chi connectivity index (χ3v) is 4.13. The lowest BCUT2D eigenvalue weighted by atomic mass is 10.2. The van der Waals surface area contributed by atoms with Gasteiger partial charge >= 0.3 is 0 Å². The normalized spacial score (nSPS) is 15.6. The van der Waals surface area contributed by atoms with E-state index in [-0.39, 0.29) is 5.91 Å². The van der Waals surface area contributed by atoms with Crippen molar-refractivity contribution in [2.75, 3.05) is 31.6 Å². The number of carbonyl (C=O) groups excluding carboxylic acids is 1. The molecule has 1 saturated heterocycles. The van der Waals surface area contributed by atoms with Crippen molar-refractivity contribution >= 4 is 11.6 Å². The van der Waals surface area contributed by atoms with Gasteiger partial charge < -0.3 is 9.80 Å². The van der Waals surface area contributed by atoms with E-state index in [1.807, 2.05) is 25.4 Å². The van der Waals surface area contributed by atoms with Crippen LogP contribution in [0.2, 0.25) is 0 Å². The van der Waals surface area contributed by atoms with Gasteiger partial charge in [0.1, 0.15) is 5.69 Å². The Labute approximate surface area is 128 Å². The summed E-state index contributed by atoms with van der Waals surface area (Å²) in [6.45, 7) is 5.13. The maximum atomic E-state index is 12.2. The van der Waals surface area contributed by atoms with Gasteiger partial charge in [-0.05, 0) is 31.4 Å². The molecule has 4 heteroatoms. The van der Waals surface area contributed by atoms with Crippen LogP contribution in [0.15, 0.2) is 18.3 Å². The van der Waals surface area contributed by atoms with Crippen LogP contribution in [0.25, 0.3) is 0 Å². The van der Waals surface area contributed by atoms with Crippen molar-refractivity contribution in [3.63, 3.8) is 0 Å². The summed E-state index contributed by atoms with van der Waals surface area (Å²) in [6, 6.07) is 3.91. The Bertz CT molecular complexity index is 436. The lowest BCUT2D eigenvalue weighted by Gasteiger charge is -2.22. The Morgan fingerprint density at radius 2 is 1.95 bits per heavy atom. The zero-order valence-corrected chi connectivity index (χ0v) is 13.3. The molecule has 0 unspecified atom stereocenters. The zero-order chi connectivity index (χ0) is 15.1. The molecule has 0 atom stereocenters. The van der Waals surface area contributed by atoms with Crippen LogP contribution in [0.4, 0.5) is 5.69 Å². The molecule has 0 N–H and O–H groups in total. The summed E-state index contributed by atoms with van der Waals surface area (Å²) in [5.74, 6) is 0.0193. The molecule has 1 aliphatic rings. The average Bonchev–Trinajstić information content (AvgIpc) is 2.81. The number of unbranched alkanes of at least 4 members (excludes halogenated alkanes) is 1. The zero-order valence-electron chi connectivity index (χ0n) is 13.3. The molecule has 1 amide bonds. The first-order valence-electron chi connectivity index (χ1n) is 8.19. The second-order valence-corrected chi connectivity index (χ2v) is 5.88. The molecule has 116 valence electrons. The van der Waals surface area contributed by atoms with E-state index in [1.54, 1.807) is 4.90 Å². The van der Waals surface area contributed by atoms with Gasteiger partial charge in [-0.1, -0.05) is 26.2 Å². The van der Waals surface area contributed by atoms with Crippen molar-refractivity contribution in [1.29, 1.82) is 0 Å². The second kappa shape index (κ2) is 8.01. The molecule has 2 rings (SSSR count). The van der Waals surface area contributed by atoms with Gasteiger partial charge in [-0.3, -0.25) is 4.79 Å². The summed E-state index contributed by atoms with van der Waals surface area (Å²) in [5, 5.41) is 0. The van der Waals surface area contributed by atoms with Crippen molar-refractivity contribution < 1.29 is 4.79 Å². The molecule has 1 fully saturated rings. The van der Waals surface area contributed by atoms with Crippen molar-refractivity contribution in [1.82, 2.24) is 9.88 Å². The van der Waals surface area contributed by atoms with Crippen LogP contribution in [0.1, 0.15) is 55.9 Å². The topological polar surface area (TPSA) is 36.4 Å². The molecule has 0 radical (unpaired) electrons. The summed E-state index contributed by atoms with van der Waals surface area (Å²) in [7, 11) is 1.85. The van der Waals surface area contributed by atoms with Gasteiger partial charge in [0, 0.05) is 26.7 Å². The molecule has 0 saturated carbocycles. The van der Waals surface area contributed by atoms with E-state index < -0.39 is 0 Å². The fraction of sp³-hybridized carbons (Fsp3) is 0.647. The van der Waals surface area contributed by atoms with Crippen molar-refractivity contribution in [2.24, 2.45) is 0 Å². The summed E-state index contributed by atoms with van der Waals surface area (Å²) in [4.78, 5) is 20.8. The van der Waals surface area contributed by atoms with E-state index in [2.05, 4.69) is 16.8 Å². The Hall–Kier alpha value is -1.58. The monoisotopic (exact) mass is 289 g/mol. The number of anilines is 1.